The van der Waals surface area contributed by atoms with E-state index in [9.17, 15) is 4.79 Å². The lowest BCUT2D eigenvalue weighted by molar-refractivity contribution is -0.602. The monoisotopic (exact) mass is 669 g/mol. The molecule has 3 heterocycles. The molecule has 13 nitrogen and oxygen atoms in total. The van der Waals surface area contributed by atoms with Crippen molar-refractivity contribution in [2.45, 2.75) is 32.2 Å². The summed E-state index contributed by atoms with van der Waals surface area (Å²) in [6, 6.07) is 21.5. The van der Waals surface area contributed by atoms with Crippen LogP contribution in [0.1, 0.15) is 26.7 Å². The summed E-state index contributed by atoms with van der Waals surface area (Å²) in [7, 11) is 8.09. The molecule has 0 unspecified atom stereocenters. The molecule has 1 aliphatic rings. The molecule has 1 fully saturated rings. The number of carboxylic acids is 1. The molecule has 3 aromatic carbocycles. The molecule has 49 heavy (non-hydrogen) atoms. The summed E-state index contributed by atoms with van der Waals surface area (Å²) in [6.45, 7) is 4.00. The molecule has 0 spiro atoms. The fourth-order valence-corrected chi connectivity index (χ4v) is 4.78. The van der Waals surface area contributed by atoms with Crippen LogP contribution in [0.3, 0.4) is 0 Å². The number of carbonyl (C=O) groups is 1. The molecule has 13 heteroatoms. The fourth-order valence-electron chi connectivity index (χ4n) is 4.78. The number of aromatic amines is 2. The average Bonchev–Trinajstić information content (AvgIpc) is 3.79. The van der Waals surface area contributed by atoms with Gasteiger partial charge in [0.05, 0.1) is 51.8 Å². The number of methoxy groups -OCH3 is 4. The van der Waals surface area contributed by atoms with Crippen molar-refractivity contribution in [3.05, 3.63) is 85.5 Å². The molecular formula is C36H43N7O6+2. The van der Waals surface area contributed by atoms with E-state index in [4.69, 9.17) is 24.1 Å². The first-order chi connectivity index (χ1) is 23.9. The number of aromatic nitrogens is 6. The van der Waals surface area contributed by atoms with Crippen molar-refractivity contribution in [2.24, 2.45) is 0 Å². The third-order valence-electron chi connectivity index (χ3n) is 7.63. The molecule has 256 valence electrons. The van der Waals surface area contributed by atoms with E-state index in [0.29, 0.717) is 28.8 Å². The Morgan fingerprint density at radius 3 is 2.08 bits per heavy atom. The Morgan fingerprint density at radius 1 is 0.857 bits per heavy atom. The highest BCUT2D eigenvalue weighted by Gasteiger charge is 2.48. The van der Waals surface area contributed by atoms with E-state index in [2.05, 4.69) is 30.2 Å². The van der Waals surface area contributed by atoms with Crippen molar-refractivity contribution in [1.29, 1.82) is 0 Å². The van der Waals surface area contributed by atoms with Crippen LogP contribution in [0.5, 0.6) is 23.3 Å². The minimum absolute atomic E-state index is 0.477. The van der Waals surface area contributed by atoms with Gasteiger partial charge >= 0.3 is 17.7 Å². The van der Waals surface area contributed by atoms with Gasteiger partial charge in [-0.25, -0.2) is 4.98 Å². The zero-order valence-electron chi connectivity index (χ0n) is 28.8. The predicted octanol–water partition coefficient (Wildman–Crippen LogP) is 4.83. The summed E-state index contributed by atoms with van der Waals surface area (Å²) in [5.74, 6) is 3.02. The number of benzene rings is 3. The van der Waals surface area contributed by atoms with Crippen molar-refractivity contribution in [3.8, 4) is 40.6 Å². The molecule has 0 radical (unpaired) electrons. The molecule has 7 rings (SSSR count). The van der Waals surface area contributed by atoms with Gasteiger partial charge in [0.25, 0.3) is 11.8 Å². The summed E-state index contributed by atoms with van der Waals surface area (Å²) < 4.78 is 23.1. The predicted molar refractivity (Wildman–Crippen MR) is 185 cm³/mol. The van der Waals surface area contributed by atoms with Crippen LogP contribution in [0.2, 0.25) is 0 Å². The highest BCUT2D eigenvalue weighted by Crippen LogP contribution is 2.35. The van der Waals surface area contributed by atoms with Crippen LogP contribution in [0.15, 0.2) is 85.5 Å². The van der Waals surface area contributed by atoms with Gasteiger partial charge in [0.1, 0.15) is 16.4 Å². The first-order valence-electron chi connectivity index (χ1n) is 15.7. The van der Waals surface area contributed by atoms with Crippen molar-refractivity contribution in [3.63, 3.8) is 0 Å². The number of hydrogen-bond acceptors (Lipinski definition) is 9. The molecule has 0 bridgehead atoms. The van der Waals surface area contributed by atoms with Crippen LogP contribution >= 0.6 is 0 Å². The molecule has 0 saturated heterocycles. The maximum atomic E-state index is 10.3. The maximum absolute atomic E-state index is 10.3. The first-order valence-corrected chi connectivity index (χ1v) is 15.7. The number of carboxylic acid groups (broad SMARTS) is 1. The van der Waals surface area contributed by atoms with Crippen LogP contribution in [-0.4, -0.2) is 72.0 Å². The lowest BCUT2D eigenvalue weighted by atomic mass is 10.2. The Kier molecular flexibility index (Phi) is 12.4. The highest BCUT2D eigenvalue weighted by atomic mass is 16.5. The molecule has 1 saturated carbocycles. The van der Waals surface area contributed by atoms with E-state index in [-0.39, 0.29) is 0 Å². The second kappa shape index (κ2) is 16.8. The van der Waals surface area contributed by atoms with Crippen molar-refractivity contribution in [1.82, 2.24) is 25.3 Å². The van der Waals surface area contributed by atoms with Gasteiger partial charge in [0.15, 0.2) is 23.3 Å². The minimum atomic E-state index is -0.722. The van der Waals surface area contributed by atoms with E-state index in [1.165, 1.54) is 0 Å². The summed E-state index contributed by atoms with van der Waals surface area (Å²) in [5, 5.41) is 12.9. The largest absolute Gasteiger partial charge is 0.493 e. The smallest absolute Gasteiger partial charge is 0.393 e. The van der Waals surface area contributed by atoms with Gasteiger partial charge in [0.2, 0.25) is 0 Å². The SMILES string of the molecule is CC.CNC1(C(=O)O)CC1.COc1[nH+]c(-c2ccccc2)nc2ccccc12.COc1cc2nc(-[n+]3cc[nH]c3)nc(OC)c2cc1OC. The molecule has 3 aromatic heterocycles. The van der Waals surface area contributed by atoms with Crippen molar-refractivity contribution >= 4 is 27.8 Å². The number of aliphatic carboxylic acids is 1. The quantitative estimate of drug-likeness (QED) is 0.192. The third-order valence-corrected chi connectivity index (χ3v) is 7.63. The number of nitrogens with zero attached hydrogens (tertiary/aromatic N) is 4. The van der Waals surface area contributed by atoms with Gasteiger partial charge in [-0.05, 0) is 49.1 Å². The highest BCUT2D eigenvalue weighted by molar-refractivity contribution is 5.87. The summed E-state index contributed by atoms with van der Waals surface area (Å²) in [4.78, 5) is 30.0. The van der Waals surface area contributed by atoms with Crippen LogP contribution in [0.4, 0.5) is 0 Å². The minimum Gasteiger partial charge on any atom is -0.493 e. The van der Waals surface area contributed by atoms with Gasteiger partial charge in [0, 0.05) is 12.1 Å². The van der Waals surface area contributed by atoms with Gasteiger partial charge < -0.3 is 29.4 Å². The number of imidazole rings is 1. The van der Waals surface area contributed by atoms with E-state index >= 15 is 0 Å². The van der Waals surface area contributed by atoms with Gasteiger partial charge in [-0.1, -0.05) is 49.2 Å². The molecule has 1 aliphatic carbocycles. The van der Waals surface area contributed by atoms with Crippen LogP contribution in [0, 0.1) is 0 Å². The number of nitrogens with one attached hydrogen (secondary N) is 3. The standard InChI is InChI=1S/C15H12N2O.C14H14N4O3.C5H9NO2.C2H6/c1-18-15-12-9-5-6-10-13(12)16-14(17-15)11-7-3-2-4-8-11;1-19-11-6-9-10(7-12(11)20-2)16-14(17-13(9)21-3)18-5-4-15-8-18;1-6-5(2-3-5)4(7)8;1-2/h2-10H,1H3;4-8H,1-3H3;6H,2-3H2,1H3,(H,7,8);1-2H3/p+2. The molecule has 0 aliphatic heterocycles. The van der Waals surface area contributed by atoms with E-state index in [1.54, 1.807) is 64.7 Å². The summed E-state index contributed by atoms with van der Waals surface area (Å²) >= 11 is 0. The lowest BCUT2D eigenvalue weighted by Crippen LogP contribution is -2.35. The number of rotatable bonds is 8. The number of ether oxygens (including phenoxy) is 4. The van der Waals surface area contributed by atoms with Crippen LogP contribution in [0.25, 0.3) is 39.1 Å². The Hall–Kier alpha value is -5.82. The second-order valence-corrected chi connectivity index (χ2v) is 10.4. The summed E-state index contributed by atoms with van der Waals surface area (Å²) in [6.07, 6.45) is 6.91. The van der Waals surface area contributed by atoms with Gasteiger partial charge in [-0.15, -0.1) is 4.98 Å². The molecule has 0 atom stereocenters. The Balaban J connectivity index is 0.000000175. The second-order valence-electron chi connectivity index (χ2n) is 10.4. The lowest BCUT2D eigenvalue weighted by Gasteiger charge is -2.09. The van der Waals surface area contributed by atoms with Crippen molar-refractivity contribution in [2.75, 3.05) is 35.5 Å². The Morgan fingerprint density at radius 2 is 1.53 bits per heavy atom. The molecule has 4 N–H and O–H groups in total. The topological polar surface area (TPSA) is 159 Å². The van der Waals surface area contributed by atoms with E-state index in [1.807, 2.05) is 74.6 Å². The first kappa shape index (κ1) is 36.0. The zero-order chi connectivity index (χ0) is 35.4. The van der Waals surface area contributed by atoms with Crippen LogP contribution < -0.4 is 33.8 Å². The molecule has 0 amide bonds. The van der Waals surface area contributed by atoms with Gasteiger partial charge in [-0.2, -0.15) is 4.57 Å². The third kappa shape index (κ3) is 8.37. The van der Waals surface area contributed by atoms with Gasteiger partial charge in [-0.3, -0.25) is 9.78 Å². The number of likely N-dealkylation sites (N-methyl/N-ethyl adjacent to an activating group) is 1. The van der Waals surface area contributed by atoms with Crippen molar-refractivity contribution < 1.29 is 38.4 Å². The number of para-hydroxylation sites is 1. The number of fused-ring (bicyclic) bond motifs is 2. The zero-order valence-corrected chi connectivity index (χ0v) is 28.8. The Labute approximate surface area is 284 Å². The number of H-pyrrole nitrogens is 2. The Bertz CT molecular complexity index is 1970. The van der Waals surface area contributed by atoms with E-state index < -0.39 is 11.5 Å². The normalized spacial score (nSPS) is 12.2. The molecular weight excluding hydrogens is 626 g/mol. The fraction of sp³-hybridized carbons (Fsp3) is 0.278. The van der Waals surface area contributed by atoms with Crippen LogP contribution in [-0.2, 0) is 4.79 Å². The summed E-state index contributed by atoms with van der Waals surface area (Å²) in [5.41, 5.74) is 2.14. The molecule has 6 aromatic rings. The number of hydrogen-bond donors (Lipinski definition) is 3. The average molecular weight is 670 g/mol. The maximum Gasteiger partial charge on any atom is 0.393 e. The van der Waals surface area contributed by atoms with E-state index in [0.717, 1.165) is 46.4 Å².